The summed E-state index contributed by atoms with van der Waals surface area (Å²) in [5.41, 5.74) is 35.0. The molecule has 0 fully saturated rings. The Bertz CT molecular complexity index is 832. The highest BCUT2D eigenvalue weighted by atomic mass is 14.7. The summed E-state index contributed by atoms with van der Waals surface area (Å²) < 4.78 is 0. The van der Waals surface area contributed by atoms with E-state index in [2.05, 4.69) is 67.5 Å². The average molecular weight is 413 g/mol. The van der Waals surface area contributed by atoms with Crippen molar-refractivity contribution >= 4 is 22.7 Å². The SMILES string of the molecule is CC(C)c1cc(C(C)C)c(N)c(C(C)C)c1N.CCc1cc(C)c(N)c(CC)c1N. The largest absolute Gasteiger partial charge is 0.398 e. The number of rotatable bonds is 5. The minimum atomic E-state index is 0.367. The van der Waals surface area contributed by atoms with Crippen LogP contribution < -0.4 is 22.9 Å². The van der Waals surface area contributed by atoms with E-state index in [9.17, 15) is 0 Å². The molecule has 0 aliphatic heterocycles. The van der Waals surface area contributed by atoms with E-state index in [1.165, 1.54) is 16.7 Å². The van der Waals surface area contributed by atoms with Gasteiger partial charge in [-0.15, -0.1) is 0 Å². The Morgan fingerprint density at radius 1 is 0.633 bits per heavy atom. The zero-order valence-corrected chi connectivity index (χ0v) is 20.6. The fraction of sp³-hybridized carbons (Fsp3) is 0.538. The summed E-state index contributed by atoms with van der Waals surface area (Å²) in [6, 6.07) is 4.27. The van der Waals surface area contributed by atoms with Gasteiger partial charge in [0, 0.05) is 28.3 Å². The Morgan fingerprint density at radius 3 is 1.43 bits per heavy atom. The third-order valence-electron chi connectivity index (χ3n) is 5.88. The lowest BCUT2D eigenvalue weighted by atomic mass is 9.86. The minimum Gasteiger partial charge on any atom is -0.398 e. The number of hydrogen-bond donors (Lipinski definition) is 4. The van der Waals surface area contributed by atoms with Gasteiger partial charge < -0.3 is 22.9 Å². The molecule has 0 radical (unpaired) electrons. The number of aryl methyl sites for hydroxylation is 2. The van der Waals surface area contributed by atoms with Crippen molar-refractivity contribution in [2.75, 3.05) is 22.9 Å². The minimum absolute atomic E-state index is 0.367. The number of hydrogen-bond acceptors (Lipinski definition) is 4. The highest BCUT2D eigenvalue weighted by Gasteiger charge is 2.19. The Hall–Kier alpha value is -2.36. The van der Waals surface area contributed by atoms with Crippen LogP contribution in [-0.4, -0.2) is 0 Å². The summed E-state index contributed by atoms with van der Waals surface area (Å²) >= 11 is 0. The molecule has 2 rings (SSSR count). The molecular formula is C26H44N4. The number of anilines is 4. The van der Waals surface area contributed by atoms with Crippen LogP contribution in [0.25, 0.3) is 0 Å². The second kappa shape index (κ2) is 10.6. The molecule has 0 unspecified atom stereocenters. The van der Waals surface area contributed by atoms with Crippen LogP contribution in [0, 0.1) is 6.92 Å². The van der Waals surface area contributed by atoms with E-state index in [4.69, 9.17) is 22.9 Å². The maximum Gasteiger partial charge on any atom is 0.0405 e. The van der Waals surface area contributed by atoms with Crippen LogP contribution in [0.1, 0.15) is 107 Å². The van der Waals surface area contributed by atoms with Crippen LogP contribution in [0.4, 0.5) is 22.7 Å². The molecule has 0 aromatic heterocycles. The van der Waals surface area contributed by atoms with Crippen LogP contribution in [0.15, 0.2) is 12.1 Å². The Labute approximate surface area is 184 Å². The summed E-state index contributed by atoms with van der Waals surface area (Å²) in [5, 5.41) is 0. The number of nitrogens with two attached hydrogens (primary N) is 4. The molecule has 2 aromatic carbocycles. The van der Waals surface area contributed by atoms with Crippen LogP contribution in [-0.2, 0) is 12.8 Å². The molecule has 0 bridgehead atoms. The van der Waals surface area contributed by atoms with Gasteiger partial charge in [0.2, 0.25) is 0 Å². The molecule has 0 heterocycles. The lowest BCUT2D eigenvalue weighted by Gasteiger charge is -2.23. The highest BCUT2D eigenvalue weighted by Crippen LogP contribution is 2.39. The van der Waals surface area contributed by atoms with Crippen molar-refractivity contribution in [1.29, 1.82) is 0 Å². The average Bonchev–Trinajstić information content (AvgIpc) is 2.65. The van der Waals surface area contributed by atoms with Gasteiger partial charge >= 0.3 is 0 Å². The van der Waals surface area contributed by atoms with Crippen molar-refractivity contribution in [3.63, 3.8) is 0 Å². The highest BCUT2D eigenvalue weighted by molar-refractivity contribution is 5.71. The second-order valence-electron chi connectivity index (χ2n) is 9.13. The van der Waals surface area contributed by atoms with Gasteiger partial charge in [-0.2, -0.15) is 0 Å². The molecule has 8 N–H and O–H groups in total. The van der Waals surface area contributed by atoms with Crippen molar-refractivity contribution in [3.8, 4) is 0 Å². The van der Waals surface area contributed by atoms with Crippen molar-refractivity contribution in [1.82, 2.24) is 0 Å². The molecule has 2 aromatic rings. The Kier molecular flexibility index (Phi) is 9.08. The predicted octanol–water partition coefficient (Wildman–Crippen LogP) is 6.51. The fourth-order valence-corrected chi connectivity index (χ4v) is 4.02. The van der Waals surface area contributed by atoms with E-state index in [1.54, 1.807) is 0 Å². The maximum atomic E-state index is 6.28. The standard InChI is InChI=1S/C15H26N2.C11H18N2/c1-8(2)11-7-12(9(3)4)15(17)13(10(5)6)14(11)16;1-4-8-6-7(3)10(12)9(5-2)11(8)13/h7-10H,16-17H2,1-6H3;6H,4-5,12-13H2,1-3H3. The van der Waals surface area contributed by atoms with E-state index < -0.39 is 0 Å². The topological polar surface area (TPSA) is 104 Å². The fourth-order valence-electron chi connectivity index (χ4n) is 4.02. The quantitative estimate of drug-likeness (QED) is 0.420. The zero-order valence-electron chi connectivity index (χ0n) is 20.6. The van der Waals surface area contributed by atoms with Gasteiger partial charge in [0.1, 0.15) is 0 Å². The van der Waals surface area contributed by atoms with Crippen molar-refractivity contribution < 1.29 is 0 Å². The molecule has 168 valence electrons. The first-order valence-electron chi connectivity index (χ1n) is 11.3. The molecule has 0 atom stereocenters. The normalized spacial score (nSPS) is 11.2. The molecule has 4 heteroatoms. The lowest BCUT2D eigenvalue weighted by molar-refractivity contribution is 0.813. The molecule has 0 saturated carbocycles. The van der Waals surface area contributed by atoms with Crippen LogP contribution >= 0.6 is 0 Å². The summed E-state index contributed by atoms with van der Waals surface area (Å²) in [4.78, 5) is 0. The number of benzene rings is 2. The van der Waals surface area contributed by atoms with E-state index in [1.807, 2.05) is 6.92 Å². The van der Waals surface area contributed by atoms with Gasteiger partial charge in [-0.25, -0.2) is 0 Å². The Balaban J connectivity index is 0.000000311. The zero-order chi connectivity index (χ0) is 23.3. The molecule has 0 amide bonds. The molecule has 0 saturated heterocycles. The van der Waals surface area contributed by atoms with Crippen LogP contribution in [0.5, 0.6) is 0 Å². The third-order valence-corrected chi connectivity index (χ3v) is 5.88. The van der Waals surface area contributed by atoms with Gasteiger partial charge in [0.05, 0.1) is 0 Å². The van der Waals surface area contributed by atoms with Gasteiger partial charge in [-0.05, 0) is 65.3 Å². The summed E-state index contributed by atoms with van der Waals surface area (Å²) in [7, 11) is 0. The first-order valence-corrected chi connectivity index (χ1v) is 11.3. The molecule has 0 aliphatic carbocycles. The van der Waals surface area contributed by atoms with E-state index in [-0.39, 0.29) is 0 Å². The summed E-state index contributed by atoms with van der Waals surface area (Å²) in [6.07, 6.45) is 1.88. The summed E-state index contributed by atoms with van der Waals surface area (Å²) in [6.45, 7) is 19.2. The molecule has 0 aliphatic rings. The predicted molar refractivity (Wildman–Crippen MR) is 136 cm³/mol. The van der Waals surface area contributed by atoms with E-state index in [0.717, 1.165) is 52.3 Å². The van der Waals surface area contributed by atoms with Crippen molar-refractivity contribution in [2.45, 2.75) is 92.9 Å². The molecular weight excluding hydrogens is 368 g/mol. The third kappa shape index (κ3) is 5.41. The number of nitrogen functional groups attached to an aromatic ring is 4. The van der Waals surface area contributed by atoms with E-state index >= 15 is 0 Å². The molecule has 4 nitrogen and oxygen atoms in total. The molecule has 30 heavy (non-hydrogen) atoms. The first kappa shape index (κ1) is 25.7. The maximum absolute atomic E-state index is 6.28. The van der Waals surface area contributed by atoms with Gasteiger partial charge in [0.15, 0.2) is 0 Å². The first-order chi connectivity index (χ1) is 13.9. The van der Waals surface area contributed by atoms with Crippen molar-refractivity contribution in [3.05, 3.63) is 45.5 Å². The smallest absolute Gasteiger partial charge is 0.0405 e. The Morgan fingerprint density at radius 2 is 1.10 bits per heavy atom. The van der Waals surface area contributed by atoms with Gasteiger partial charge in [-0.1, -0.05) is 67.5 Å². The van der Waals surface area contributed by atoms with Crippen LogP contribution in [0.3, 0.4) is 0 Å². The van der Waals surface area contributed by atoms with Gasteiger partial charge in [-0.3, -0.25) is 0 Å². The summed E-state index contributed by atoms with van der Waals surface area (Å²) in [5.74, 6) is 1.24. The van der Waals surface area contributed by atoms with Gasteiger partial charge in [0.25, 0.3) is 0 Å². The van der Waals surface area contributed by atoms with Crippen LogP contribution in [0.2, 0.25) is 0 Å². The second-order valence-corrected chi connectivity index (χ2v) is 9.13. The van der Waals surface area contributed by atoms with Crippen molar-refractivity contribution in [2.24, 2.45) is 0 Å². The lowest BCUT2D eigenvalue weighted by Crippen LogP contribution is -2.10. The molecule has 0 spiro atoms. The van der Waals surface area contributed by atoms with E-state index in [0.29, 0.717) is 17.8 Å². The monoisotopic (exact) mass is 412 g/mol.